The van der Waals surface area contributed by atoms with Crippen LogP contribution >= 0.6 is 11.6 Å². The lowest BCUT2D eigenvalue weighted by Crippen LogP contribution is -2.05. The van der Waals surface area contributed by atoms with Crippen LogP contribution in [0.3, 0.4) is 0 Å². The number of anilines is 1. The molecule has 0 spiro atoms. The summed E-state index contributed by atoms with van der Waals surface area (Å²) in [6.07, 6.45) is 0. The minimum absolute atomic E-state index is 0.0168. The molecular weight excluding hydrogens is 303 g/mol. The number of rotatable bonds is 2. The lowest BCUT2D eigenvalue weighted by molar-refractivity contribution is 0.0691. The van der Waals surface area contributed by atoms with Crippen LogP contribution in [0.2, 0.25) is 5.02 Å². The number of carbonyl (C=O) groups is 1. The van der Waals surface area contributed by atoms with Crippen molar-refractivity contribution in [2.24, 2.45) is 0 Å². The molecule has 9 heteroatoms. The fraction of sp³-hybridized carbons (Fsp3) is 0. The smallest absolute Gasteiger partial charge is 0.356 e. The number of carboxylic acids is 1. The molecule has 2 heterocycles. The maximum Gasteiger partial charge on any atom is 0.356 e. The minimum Gasteiger partial charge on any atom is -0.476 e. The molecule has 0 saturated carbocycles. The molecule has 3 aromatic rings. The van der Waals surface area contributed by atoms with Gasteiger partial charge in [0.1, 0.15) is 16.9 Å². The van der Waals surface area contributed by atoms with Crippen molar-refractivity contribution in [3.8, 4) is 11.3 Å². The molecule has 1 aromatic carbocycles. The van der Waals surface area contributed by atoms with E-state index in [2.05, 4.69) is 19.9 Å². The Morgan fingerprint density at radius 3 is 2.62 bits per heavy atom. The van der Waals surface area contributed by atoms with Crippen molar-refractivity contribution in [2.45, 2.75) is 0 Å². The van der Waals surface area contributed by atoms with Gasteiger partial charge in [-0.15, -0.1) is 0 Å². The summed E-state index contributed by atoms with van der Waals surface area (Å²) < 4.78 is 18.6. The molecular formula is C12H6ClFN4O3. The molecule has 0 aliphatic carbocycles. The number of hydrogen-bond acceptors (Lipinski definition) is 6. The summed E-state index contributed by atoms with van der Waals surface area (Å²) in [7, 11) is 0. The molecule has 7 nitrogen and oxygen atoms in total. The van der Waals surface area contributed by atoms with Crippen molar-refractivity contribution in [3.63, 3.8) is 0 Å². The number of hydrogen-bond donors (Lipinski definition) is 2. The second-order valence-corrected chi connectivity index (χ2v) is 4.53. The van der Waals surface area contributed by atoms with Crippen LogP contribution < -0.4 is 5.73 Å². The third kappa shape index (κ3) is 2.15. The number of fused-ring (bicyclic) bond motifs is 1. The Morgan fingerprint density at radius 1 is 1.29 bits per heavy atom. The van der Waals surface area contributed by atoms with E-state index in [4.69, 9.17) is 22.4 Å². The SMILES string of the molecule is Nc1cc(-c2cc3nonc3cc2F)nc(C(=O)O)c1Cl. The van der Waals surface area contributed by atoms with Gasteiger partial charge in [0.25, 0.3) is 0 Å². The highest BCUT2D eigenvalue weighted by Crippen LogP contribution is 2.30. The fourth-order valence-corrected chi connectivity index (χ4v) is 2.01. The zero-order chi connectivity index (χ0) is 15.1. The fourth-order valence-electron chi connectivity index (χ4n) is 1.83. The molecule has 0 aliphatic heterocycles. The summed E-state index contributed by atoms with van der Waals surface area (Å²) >= 11 is 5.77. The van der Waals surface area contributed by atoms with E-state index in [0.29, 0.717) is 5.52 Å². The van der Waals surface area contributed by atoms with Crippen LogP contribution in [0.15, 0.2) is 22.8 Å². The van der Waals surface area contributed by atoms with Crippen LogP contribution in [-0.2, 0) is 0 Å². The van der Waals surface area contributed by atoms with Crippen molar-refractivity contribution in [2.75, 3.05) is 5.73 Å². The van der Waals surface area contributed by atoms with Gasteiger partial charge in [-0.25, -0.2) is 18.8 Å². The van der Waals surface area contributed by atoms with E-state index < -0.39 is 17.5 Å². The number of nitrogens with zero attached hydrogens (tertiary/aromatic N) is 3. The summed E-state index contributed by atoms with van der Waals surface area (Å²) in [4.78, 5) is 14.9. The maximum absolute atomic E-state index is 14.1. The lowest BCUT2D eigenvalue weighted by Gasteiger charge is -2.07. The molecule has 0 aliphatic rings. The quantitative estimate of drug-likeness (QED) is 0.746. The van der Waals surface area contributed by atoms with E-state index in [-0.39, 0.29) is 27.5 Å². The van der Waals surface area contributed by atoms with Gasteiger partial charge in [0.15, 0.2) is 5.69 Å². The molecule has 0 unspecified atom stereocenters. The minimum atomic E-state index is -1.36. The highest BCUT2D eigenvalue weighted by atomic mass is 35.5. The number of benzene rings is 1. The number of pyridine rings is 1. The Kier molecular flexibility index (Phi) is 2.95. The van der Waals surface area contributed by atoms with Gasteiger partial charge in [0, 0.05) is 11.6 Å². The van der Waals surface area contributed by atoms with Gasteiger partial charge in [0.05, 0.1) is 16.4 Å². The number of halogens is 2. The molecule has 106 valence electrons. The first-order chi connectivity index (χ1) is 9.97. The van der Waals surface area contributed by atoms with Crippen LogP contribution in [0.5, 0.6) is 0 Å². The molecule has 0 fully saturated rings. The van der Waals surface area contributed by atoms with E-state index in [1.807, 2.05) is 0 Å². The van der Waals surface area contributed by atoms with Crippen LogP contribution in [0, 0.1) is 5.82 Å². The predicted octanol–water partition coefficient (Wildman–Crippen LogP) is 2.36. The first-order valence-corrected chi connectivity index (χ1v) is 5.96. The normalized spacial score (nSPS) is 11.0. The summed E-state index contributed by atoms with van der Waals surface area (Å²) in [5.41, 5.74) is 5.74. The predicted molar refractivity (Wildman–Crippen MR) is 71.4 cm³/mol. The van der Waals surface area contributed by atoms with E-state index in [9.17, 15) is 9.18 Å². The first-order valence-electron chi connectivity index (χ1n) is 5.59. The summed E-state index contributed by atoms with van der Waals surface area (Å²) in [5, 5.41) is 15.9. The van der Waals surface area contributed by atoms with Crippen molar-refractivity contribution in [1.29, 1.82) is 0 Å². The molecule has 0 amide bonds. The molecule has 3 rings (SSSR count). The standard InChI is InChI=1S/C12H6ClFN4O3/c13-10-6(15)3-7(16-11(10)12(19)20)4-1-8-9(2-5(4)14)18-21-17-8/h1-3H,(H2,15,16)(H,19,20). The zero-order valence-electron chi connectivity index (χ0n) is 10.2. The second-order valence-electron chi connectivity index (χ2n) is 4.15. The van der Waals surface area contributed by atoms with Crippen LogP contribution in [-0.4, -0.2) is 26.4 Å². The van der Waals surface area contributed by atoms with E-state index >= 15 is 0 Å². The molecule has 21 heavy (non-hydrogen) atoms. The third-order valence-electron chi connectivity index (χ3n) is 2.81. The molecule has 3 N–H and O–H groups in total. The number of carboxylic acid groups (broad SMARTS) is 1. The Hall–Kier alpha value is -2.74. The second kappa shape index (κ2) is 4.67. The number of nitrogens with two attached hydrogens (primary N) is 1. The van der Waals surface area contributed by atoms with Crippen LogP contribution in [0.4, 0.5) is 10.1 Å². The van der Waals surface area contributed by atoms with Gasteiger partial charge in [-0.2, -0.15) is 0 Å². The maximum atomic E-state index is 14.1. The third-order valence-corrected chi connectivity index (χ3v) is 3.20. The summed E-state index contributed by atoms with van der Waals surface area (Å²) in [6, 6.07) is 3.73. The molecule has 0 saturated heterocycles. The zero-order valence-corrected chi connectivity index (χ0v) is 10.9. The Labute approximate surface area is 121 Å². The van der Waals surface area contributed by atoms with Crippen molar-refractivity contribution < 1.29 is 18.9 Å². The van der Waals surface area contributed by atoms with E-state index in [1.165, 1.54) is 12.1 Å². The highest BCUT2D eigenvalue weighted by molar-refractivity contribution is 6.35. The van der Waals surface area contributed by atoms with Gasteiger partial charge in [-0.1, -0.05) is 11.6 Å². The topological polar surface area (TPSA) is 115 Å². The first kappa shape index (κ1) is 13.3. The summed E-state index contributed by atoms with van der Waals surface area (Å²) in [5.74, 6) is -2.03. The molecule has 2 aromatic heterocycles. The van der Waals surface area contributed by atoms with Gasteiger partial charge in [-0.3, -0.25) is 0 Å². The van der Waals surface area contributed by atoms with Crippen LogP contribution in [0.25, 0.3) is 22.3 Å². The van der Waals surface area contributed by atoms with Gasteiger partial charge in [-0.05, 0) is 22.4 Å². The number of aromatic nitrogens is 3. The molecule has 0 radical (unpaired) electrons. The van der Waals surface area contributed by atoms with Crippen LogP contribution in [0.1, 0.15) is 10.5 Å². The van der Waals surface area contributed by atoms with Gasteiger partial charge >= 0.3 is 5.97 Å². The van der Waals surface area contributed by atoms with Gasteiger partial charge < -0.3 is 10.8 Å². The number of nitrogen functional groups attached to an aromatic ring is 1. The van der Waals surface area contributed by atoms with Gasteiger partial charge in [0.2, 0.25) is 0 Å². The Balaban J connectivity index is 2.27. The highest BCUT2D eigenvalue weighted by Gasteiger charge is 2.18. The molecule has 0 atom stereocenters. The number of aromatic carboxylic acids is 1. The summed E-state index contributed by atoms with van der Waals surface area (Å²) in [6.45, 7) is 0. The average Bonchev–Trinajstić information content (AvgIpc) is 2.87. The van der Waals surface area contributed by atoms with E-state index in [1.54, 1.807) is 0 Å². The van der Waals surface area contributed by atoms with Crippen molar-refractivity contribution in [1.82, 2.24) is 15.3 Å². The largest absolute Gasteiger partial charge is 0.476 e. The van der Waals surface area contributed by atoms with Crippen molar-refractivity contribution in [3.05, 3.63) is 34.7 Å². The van der Waals surface area contributed by atoms with E-state index in [0.717, 1.165) is 6.07 Å². The Bertz CT molecular complexity index is 880. The Morgan fingerprint density at radius 2 is 1.95 bits per heavy atom. The van der Waals surface area contributed by atoms with Crippen molar-refractivity contribution >= 4 is 34.3 Å². The average molecular weight is 309 g/mol. The lowest BCUT2D eigenvalue weighted by atomic mass is 10.1. The molecule has 0 bridgehead atoms. The monoisotopic (exact) mass is 308 g/mol.